The number of amides is 1. The maximum atomic E-state index is 12.2. The fourth-order valence-electron chi connectivity index (χ4n) is 3.19. The Morgan fingerprint density at radius 3 is 2.82 bits per heavy atom. The van der Waals surface area contributed by atoms with Crippen LogP contribution in [0, 0.1) is 0 Å². The van der Waals surface area contributed by atoms with Crippen molar-refractivity contribution in [3.05, 3.63) is 11.7 Å². The monoisotopic (exact) mass is 304 g/mol. The molecule has 1 N–H and O–H groups in total. The van der Waals surface area contributed by atoms with Crippen molar-refractivity contribution >= 4 is 5.91 Å². The number of rotatable bonds is 5. The van der Waals surface area contributed by atoms with Gasteiger partial charge < -0.3 is 9.84 Å². The summed E-state index contributed by atoms with van der Waals surface area (Å²) in [4.78, 5) is 19.1. The number of nitrogens with zero attached hydrogens (tertiary/aromatic N) is 3. The van der Waals surface area contributed by atoms with Crippen LogP contribution in [0.15, 0.2) is 4.52 Å². The second-order valence-electron chi connectivity index (χ2n) is 7.06. The first-order chi connectivity index (χ1) is 10.7. The van der Waals surface area contributed by atoms with Gasteiger partial charge in [0.05, 0.1) is 6.04 Å². The zero-order chi connectivity index (χ0) is 15.1. The zero-order valence-corrected chi connectivity index (χ0v) is 13.1. The van der Waals surface area contributed by atoms with Crippen molar-refractivity contribution in [1.82, 2.24) is 20.4 Å². The zero-order valence-electron chi connectivity index (χ0n) is 13.1. The van der Waals surface area contributed by atoms with Crippen molar-refractivity contribution in [2.45, 2.75) is 69.4 Å². The molecule has 3 aliphatic rings. The Bertz CT molecular complexity index is 550. The normalized spacial score (nSPS) is 27.6. The highest BCUT2D eigenvalue weighted by atomic mass is 16.5. The number of likely N-dealkylation sites (tertiary alicyclic amines) is 1. The Hall–Kier alpha value is -1.43. The number of aromatic nitrogens is 2. The molecule has 1 aliphatic heterocycles. The van der Waals surface area contributed by atoms with E-state index in [-0.39, 0.29) is 11.9 Å². The highest BCUT2D eigenvalue weighted by Crippen LogP contribution is 2.39. The van der Waals surface area contributed by atoms with Gasteiger partial charge in [0.1, 0.15) is 0 Å². The molecule has 2 saturated carbocycles. The number of nitrogens with one attached hydrogen (secondary N) is 1. The summed E-state index contributed by atoms with van der Waals surface area (Å²) in [5, 5.41) is 7.29. The highest BCUT2D eigenvalue weighted by Gasteiger charge is 2.34. The van der Waals surface area contributed by atoms with E-state index < -0.39 is 0 Å². The standard InChI is InChI=1S/C16H24N4O2/c1-10(15(21)17-13-6-7-13)20-8-2-3-12(9-20)14-18-16(22-19-14)11-4-5-11/h10-13H,2-9H2,1H3,(H,17,21)/t10-,12+/m1/s1. The summed E-state index contributed by atoms with van der Waals surface area (Å²) in [5.74, 6) is 2.60. The lowest BCUT2D eigenvalue weighted by molar-refractivity contribution is -0.126. The van der Waals surface area contributed by atoms with Gasteiger partial charge in [0.2, 0.25) is 11.8 Å². The van der Waals surface area contributed by atoms with Gasteiger partial charge in [-0.1, -0.05) is 5.16 Å². The third-order valence-electron chi connectivity index (χ3n) is 5.05. The Kier molecular flexibility index (Phi) is 3.64. The molecule has 2 heterocycles. The smallest absolute Gasteiger partial charge is 0.237 e. The Morgan fingerprint density at radius 2 is 2.09 bits per heavy atom. The lowest BCUT2D eigenvalue weighted by Gasteiger charge is -2.34. The Morgan fingerprint density at radius 1 is 1.27 bits per heavy atom. The third-order valence-corrected chi connectivity index (χ3v) is 5.05. The SMILES string of the molecule is C[C@H](C(=O)NC1CC1)N1CCC[C@H](c2noc(C3CC3)n2)C1. The Labute approximate surface area is 130 Å². The van der Waals surface area contributed by atoms with Crippen LogP contribution < -0.4 is 5.32 Å². The van der Waals surface area contributed by atoms with Gasteiger partial charge in [-0.15, -0.1) is 0 Å². The molecule has 1 aromatic rings. The van der Waals surface area contributed by atoms with Crippen LogP contribution >= 0.6 is 0 Å². The summed E-state index contributed by atoms with van der Waals surface area (Å²) in [6.07, 6.45) is 6.78. The molecule has 2 atom stereocenters. The summed E-state index contributed by atoms with van der Waals surface area (Å²) in [7, 11) is 0. The van der Waals surface area contributed by atoms with Crippen LogP contribution in [-0.4, -0.2) is 46.1 Å². The quantitative estimate of drug-likeness (QED) is 0.898. The van der Waals surface area contributed by atoms with E-state index in [9.17, 15) is 4.79 Å². The molecule has 4 rings (SSSR count). The number of carbonyl (C=O) groups is 1. The van der Waals surface area contributed by atoms with E-state index in [2.05, 4.69) is 20.4 Å². The number of carbonyl (C=O) groups excluding carboxylic acids is 1. The average Bonchev–Trinajstić information content (AvgIpc) is 3.47. The van der Waals surface area contributed by atoms with Crippen LogP contribution in [-0.2, 0) is 4.79 Å². The van der Waals surface area contributed by atoms with E-state index in [0.29, 0.717) is 17.9 Å². The highest BCUT2D eigenvalue weighted by molar-refractivity contribution is 5.81. The minimum atomic E-state index is -0.0711. The molecule has 1 aromatic heterocycles. The van der Waals surface area contributed by atoms with Gasteiger partial charge in [-0.05, 0) is 52.0 Å². The number of piperidine rings is 1. The van der Waals surface area contributed by atoms with Crippen molar-refractivity contribution in [3.63, 3.8) is 0 Å². The van der Waals surface area contributed by atoms with Crippen molar-refractivity contribution in [3.8, 4) is 0 Å². The summed E-state index contributed by atoms with van der Waals surface area (Å²) < 4.78 is 5.39. The van der Waals surface area contributed by atoms with Crippen molar-refractivity contribution in [2.24, 2.45) is 0 Å². The fourth-order valence-corrected chi connectivity index (χ4v) is 3.19. The second kappa shape index (κ2) is 5.65. The van der Waals surface area contributed by atoms with Gasteiger partial charge >= 0.3 is 0 Å². The van der Waals surface area contributed by atoms with Crippen molar-refractivity contribution < 1.29 is 9.32 Å². The molecule has 6 heteroatoms. The van der Waals surface area contributed by atoms with Gasteiger partial charge in [-0.3, -0.25) is 9.69 Å². The third kappa shape index (κ3) is 3.02. The van der Waals surface area contributed by atoms with Gasteiger partial charge in [0.15, 0.2) is 5.82 Å². The Balaban J connectivity index is 1.38. The largest absolute Gasteiger partial charge is 0.352 e. The summed E-state index contributed by atoms with van der Waals surface area (Å²) in [6.45, 7) is 3.83. The van der Waals surface area contributed by atoms with Gasteiger partial charge in [-0.25, -0.2) is 0 Å². The van der Waals surface area contributed by atoms with Gasteiger partial charge in [0.25, 0.3) is 0 Å². The molecule has 0 bridgehead atoms. The lowest BCUT2D eigenvalue weighted by Crippen LogP contribution is -2.49. The molecule has 22 heavy (non-hydrogen) atoms. The first-order valence-corrected chi connectivity index (χ1v) is 8.58. The minimum absolute atomic E-state index is 0.0711. The van der Waals surface area contributed by atoms with Crippen LogP contribution in [0.2, 0.25) is 0 Å². The van der Waals surface area contributed by atoms with Gasteiger partial charge in [-0.2, -0.15) is 4.98 Å². The number of hydrogen-bond acceptors (Lipinski definition) is 5. The molecule has 2 aliphatic carbocycles. The van der Waals surface area contributed by atoms with E-state index in [4.69, 9.17) is 4.52 Å². The molecule has 0 unspecified atom stereocenters. The van der Waals surface area contributed by atoms with Crippen LogP contribution in [0.5, 0.6) is 0 Å². The molecule has 0 aromatic carbocycles. The summed E-state index contributed by atoms with van der Waals surface area (Å²) in [5.41, 5.74) is 0. The van der Waals surface area contributed by atoms with Crippen LogP contribution in [0.3, 0.4) is 0 Å². The first kappa shape index (κ1) is 14.2. The maximum absolute atomic E-state index is 12.2. The van der Waals surface area contributed by atoms with E-state index in [1.54, 1.807) is 0 Å². The molecule has 6 nitrogen and oxygen atoms in total. The minimum Gasteiger partial charge on any atom is -0.352 e. The molecular formula is C16H24N4O2. The molecule has 120 valence electrons. The lowest BCUT2D eigenvalue weighted by atomic mass is 9.96. The molecular weight excluding hydrogens is 280 g/mol. The van der Waals surface area contributed by atoms with Crippen molar-refractivity contribution in [1.29, 1.82) is 0 Å². The molecule has 0 spiro atoms. The van der Waals surface area contributed by atoms with Crippen LogP contribution in [0.1, 0.15) is 69.0 Å². The summed E-state index contributed by atoms with van der Waals surface area (Å²) in [6, 6.07) is 0.354. The number of hydrogen-bond donors (Lipinski definition) is 1. The van der Waals surface area contributed by atoms with Gasteiger partial charge in [0, 0.05) is 24.4 Å². The molecule has 0 radical (unpaired) electrons. The second-order valence-corrected chi connectivity index (χ2v) is 7.06. The predicted molar refractivity (Wildman–Crippen MR) is 80.4 cm³/mol. The maximum Gasteiger partial charge on any atom is 0.237 e. The molecule has 1 saturated heterocycles. The van der Waals surface area contributed by atoms with Crippen LogP contribution in [0.4, 0.5) is 0 Å². The topological polar surface area (TPSA) is 71.3 Å². The van der Waals surface area contributed by atoms with Crippen molar-refractivity contribution in [2.75, 3.05) is 13.1 Å². The first-order valence-electron chi connectivity index (χ1n) is 8.58. The predicted octanol–water partition coefficient (Wildman–Crippen LogP) is 1.79. The average molecular weight is 304 g/mol. The van der Waals surface area contributed by atoms with E-state index in [1.807, 2.05) is 6.92 Å². The van der Waals surface area contributed by atoms with E-state index in [1.165, 1.54) is 12.8 Å². The molecule has 3 fully saturated rings. The van der Waals surface area contributed by atoms with E-state index in [0.717, 1.165) is 50.5 Å². The summed E-state index contributed by atoms with van der Waals surface area (Å²) >= 11 is 0. The molecule has 1 amide bonds. The fraction of sp³-hybridized carbons (Fsp3) is 0.812. The van der Waals surface area contributed by atoms with E-state index >= 15 is 0 Å². The van der Waals surface area contributed by atoms with Crippen LogP contribution in [0.25, 0.3) is 0 Å².